The first-order valence-electron chi connectivity index (χ1n) is 4.06. The van der Waals surface area contributed by atoms with Crippen LogP contribution in [0.1, 0.15) is 13.8 Å². The second kappa shape index (κ2) is 2.43. The summed E-state index contributed by atoms with van der Waals surface area (Å²) in [6, 6.07) is 0. The van der Waals surface area contributed by atoms with Crippen molar-refractivity contribution in [1.82, 2.24) is 0 Å². The van der Waals surface area contributed by atoms with Gasteiger partial charge in [-0.15, -0.1) is 0 Å². The van der Waals surface area contributed by atoms with Gasteiger partial charge in [0.25, 0.3) is 10.1 Å². The lowest BCUT2D eigenvalue weighted by molar-refractivity contribution is 0.0501. The molecule has 0 spiro atoms. The summed E-state index contributed by atoms with van der Waals surface area (Å²) >= 11 is 0. The van der Waals surface area contributed by atoms with Crippen LogP contribution in [-0.2, 0) is 19.0 Å². The Balaban J connectivity index is 2.30. The highest BCUT2D eigenvalue weighted by atomic mass is 32.2. The number of ether oxygens (including phenoxy) is 1. The molecule has 5 heteroatoms. The lowest BCUT2D eigenvalue weighted by Crippen LogP contribution is -2.39. The molecule has 12 heavy (non-hydrogen) atoms. The highest BCUT2D eigenvalue weighted by molar-refractivity contribution is 7.86. The molecule has 0 N–H and O–H groups in total. The van der Waals surface area contributed by atoms with Gasteiger partial charge in [-0.2, -0.15) is 8.42 Å². The fourth-order valence-corrected chi connectivity index (χ4v) is 3.42. The van der Waals surface area contributed by atoms with E-state index in [-0.39, 0.29) is 30.0 Å². The van der Waals surface area contributed by atoms with Crippen molar-refractivity contribution in [2.45, 2.75) is 32.2 Å². The molecule has 0 aliphatic carbocycles. The van der Waals surface area contributed by atoms with Crippen molar-refractivity contribution in [3.8, 4) is 0 Å². The summed E-state index contributed by atoms with van der Waals surface area (Å²) in [6.07, 6.45) is -0.528. The average Bonchev–Trinajstić information content (AvgIpc) is 2.16. The largest absolute Gasteiger partial charge is 0.371 e. The maximum atomic E-state index is 11.1. The van der Waals surface area contributed by atoms with Crippen molar-refractivity contribution < 1.29 is 17.3 Å². The Morgan fingerprint density at radius 3 is 2.58 bits per heavy atom. The van der Waals surface area contributed by atoms with E-state index >= 15 is 0 Å². The van der Waals surface area contributed by atoms with E-state index in [4.69, 9.17) is 8.92 Å². The standard InChI is InChI=1S/C7H12O4S/c1-4-6-3-12(8,9)11-7(4)5(2)10-6/h4-7H,3H2,1-2H3. The minimum atomic E-state index is -3.31. The van der Waals surface area contributed by atoms with Gasteiger partial charge in [0.1, 0.15) is 11.9 Å². The molecule has 2 aliphatic heterocycles. The summed E-state index contributed by atoms with van der Waals surface area (Å²) in [6.45, 7) is 3.82. The molecule has 2 saturated heterocycles. The van der Waals surface area contributed by atoms with E-state index < -0.39 is 10.1 Å². The van der Waals surface area contributed by atoms with Crippen molar-refractivity contribution in [1.29, 1.82) is 0 Å². The van der Waals surface area contributed by atoms with Crippen LogP contribution in [0.15, 0.2) is 0 Å². The van der Waals surface area contributed by atoms with Crippen LogP contribution in [0.2, 0.25) is 0 Å². The molecule has 0 aromatic carbocycles. The SMILES string of the molecule is CC1OC2CS(=O)(=O)OC1C2C. The molecule has 2 aliphatic rings. The second-order valence-corrected chi connectivity index (χ2v) is 5.17. The molecule has 4 nitrogen and oxygen atoms in total. The first kappa shape index (κ1) is 8.47. The predicted molar refractivity (Wildman–Crippen MR) is 42.2 cm³/mol. The van der Waals surface area contributed by atoms with Gasteiger partial charge in [-0.1, -0.05) is 6.92 Å². The topological polar surface area (TPSA) is 52.6 Å². The molecule has 2 heterocycles. The second-order valence-electron chi connectivity index (χ2n) is 3.52. The van der Waals surface area contributed by atoms with Crippen LogP contribution in [0.5, 0.6) is 0 Å². The first-order chi connectivity index (χ1) is 5.49. The molecule has 0 aromatic rings. The summed E-state index contributed by atoms with van der Waals surface area (Å²) in [5.74, 6) is 0.207. The quantitative estimate of drug-likeness (QED) is 0.512. The lowest BCUT2D eigenvalue weighted by atomic mass is 10.00. The summed E-state index contributed by atoms with van der Waals surface area (Å²) in [4.78, 5) is 0. The van der Waals surface area contributed by atoms with Crippen molar-refractivity contribution >= 4 is 10.1 Å². The number of fused-ring (bicyclic) bond motifs is 2. The monoisotopic (exact) mass is 192 g/mol. The fraction of sp³-hybridized carbons (Fsp3) is 1.00. The third-order valence-corrected chi connectivity index (χ3v) is 3.84. The zero-order valence-electron chi connectivity index (χ0n) is 7.06. The van der Waals surface area contributed by atoms with Gasteiger partial charge in [0, 0.05) is 5.92 Å². The van der Waals surface area contributed by atoms with Crippen LogP contribution in [0.4, 0.5) is 0 Å². The Labute approximate surface area is 72.0 Å². The molecule has 0 amide bonds. The number of rotatable bonds is 0. The highest BCUT2D eigenvalue weighted by Crippen LogP contribution is 2.35. The maximum Gasteiger partial charge on any atom is 0.270 e. The molecule has 2 fully saturated rings. The number of hydrogen-bond donors (Lipinski definition) is 0. The Hall–Kier alpha value is -0.130. The normalized spacial score (nSPS) is 50.8. The third kappa shape index (κ3) is 1.16. The summed E-state index contributed by atoms with van der Waals surface area (Å²) in [5, 5.41) is 0. The minimum absolute atomic E-state index is 0.00894. The molecular formula is C7H12O4S. The summed E-state index contributed by atoms with van der Waals surface area (Å²) < 4.78 is 32.6. The van der Waals surface area contributed by atoms with Crippen LogP contribution in [0.25, 0.3) is 0 Å². The molecule has 0 aromatic heterocycles. The van der Waals surface area contributed by atoms with Gasteiger partial charge in [-0.25, -0.2) is 0 Å². The first-order valence-corrected chi connectivity index (χ1v) is 5.64. The Kier molecular flexibility index (Phi) is 1.72. The van der Waals surface area contributed by atoms with Crippen molar-refractivity contribution in [3.05, 3.63) is 0 Å². The highest BCUT2D eigenvalue weighted by Gasteiger charge is 2.48. The zero-order valence-corrected chi connectivity index (χ0v) is 7.87. The minimum Gasteiger partial charge on any atom is -0.371 e. The van der Waals surface area contributed by atoms with Crippen LogP contribution >= 0.6 is 0 Å². The molecular weight excluding hydrogens is 180 g/mol. The van der Waals surface area contributed by atoms with E-state index in [0.29, 0.717) is 0 Å². The predicted octanol–water partition coefficient (Wildman–Crippen LogP) is 0.138. The Morgan fingerprint density at radius 2 is 2.00 bits per heavy atom. The molecule has 70 valence electrons. The smallest absolute Gasteiger partial charge is 0.270 e. The van der Waals surface area contributed by atoms with E-state index in [1.165, 1.54) is 0 Å². The van der Waals surface area contributed by atoms with Crippen molar-refractivity contribution in [3.63, 3.8) is 0 Å². The van der Waals surface area contributed by atoms with Gasteiger partial charge in [0.2, 0.25) is 0 Å². The van der Waals surface area contributed by atoms with Gasteiger partial charge in [0.05, 0.1) is 12.2 Å². The van der Waals surface area contributed by atoms with Crippen LogP contribution in [0.3, 0.4) is 0 Å². The molecule has 0 radical (unpaired) electrons. The van der Waals surface area contributed by atoms with Crippen molar-refractivity contribution in [2.75, 3.05) is 5.75 Å². The van der Waals surface area contributed by atoms with Crippen LogP contribution in [0, 0.1) is 5.92 Å². The fourth-order valence-electron chi connectivity index (χ4n) is 1.88. The van der Waals surface area contributed by atoms with Crippen LogP contribution < -0.4 is 0 Å². The molecule has 2 rings (SSSR count). The van der Waals surface area contributed by atoms with E-state index in [0.717, 1.165) is 0 Å². The zero-order chi connectivity index (χ0) is 8.93. The Morgan fingerprint density at radius 1 is 1.33 bits per heavy atom. The number of hydrogen-bond acceptors (Lipinski definition) is 4. The molecule has 4 unspecified atom stereocenters. The van der Waals surface area contributed by atoms with E-state index in [1.807, 2.05) is 13.8 Å². The van der Waals surface area contributed by atoms with Crippen LogP contribution in [-0.4, -0.2) is 32.5 Å². The Bertz CT molecular complexity index is 284. The van der Waals surface area contributed by atoms with E-state index in [1.54, 1.807) is 0 Å². The molecule has 2 bridgehead atoms. The van der Waals surface area contributed by atoms with Gasteiger partial charge in [-0.3, -0.25) is 4.18 Å². The summed E-state index contributed by atoms with van der Waals surface area (Å²) in [5.41, 5.74) is 0. The van der Waals surface area contributed by atoms with Gasteiger partial charge >= 0.3 is 0 Å². The third-order valence-electron chi connectivity index (χ3n) is 2.58. The van der Waals surface area contributed by atoms with E-state index in [9.17, 15) is 8.42 Å². The molecule has 4 atom stereocenters. The van der Waals surface area contributed by atoms with E-state index in [2.05, 4.69) is 0 Å². The van der Waals surface area contributed by atoms with Crippen molar-refractivity contribution in [2.24, 2.45) is 5.92 Å². The average molecular weight is 192 g/mol. The molecule has 0 saturated carbocycles. The van der Waals surface area contributed by atoms with Gasteiger partial charge in [-0.05, 0) is 6.92 Å². The maximum absolute atomic E-state index is 11.1. The van der Waals surface area contributed by atoms with Gasteiger partial charge < -0.3 is 4.74 Å². The summed E-state index contributed by atoms with van der Waals surface area (Å²) in [7, 11) is -3.31. The van der Waals surface area contributed by atoms with Gasteiger partial charge in [0.15, 0.2) is 0 Å². The lowest BCUT2D eigenvalue weighted by Gasteiger charge is -2.24.